The number of aromatic nitrogens is 1. The minimum atomic E-state index is -0.181. The summed E-state index contributed by atoms with van der Waals surface area (Å²) in [5.41, 5.74) is 0.804. The van der Waals surface area contributed by atoms with Crippen molar-refractivity contribution in [2.24, 2.45) is 0 Å². The molecule has 0 aliphatic heterocycles. The molecule has 2 N–H and O–H groups in total. The molecule has 19 heavy (non-hydrogen) atoms. The van der Waals surface area contributed by atoms with E-state index in [-0.39, 0.29) is 24.3 Å². The fourth-order valence-electron chi connectivity index (χ4n) is 1.74. The van der Waals surface area contributed by atoms with E-state index in [4.69, 9.17) is 4.74 Å². The van der Waals surface area contributed by atoms with Gasteiger partial charge in [-0.05, 0) is 20.3 Å². The lowest BCUT2D eigenvalue weighted by molar-refractivity contribution is -0.699. The number of carbonyl (C=O) groups excluding carboxylic acids is 1. The van der Waals surface area contributed by atoms with Gasteiger partial charge in [0.1, 0.15) is 6.54 Å². The highest BCUT2D eigenvalue weighted by Gasteiger charge is 2.17. The number of aromatic hydroxyl groups is 1. The van der Waals surface area contributed by atoms with Crippen LogP contribution < -0.4 is 14.6 Å². The molecular formula is C14H23N2O3+. The van der Waals surface area contributed by atoms with Gasteiger partial charge in [-0.1, -0.05) is 6.92 Å². The van der Waals surface area contributed by atoms with Gasteiger partial charge in [0.2, 0.25) is 11.4 Å². The van der Waals surface area contributed by atoms with Gasteiger partial charge >= 0.3 is 0 Å². The third kappa shape index (κ3) is 4.12. The molecule has 1 rings (SSSR count). The lowest BCUT2D eigenvalue weighted by atomic mass is 10.2. The van der Waals surface area contributed by atoms with Gasteiger partial charge in [-0.25, -0.2) is 0 Å². The number of rotatable bonds is 6. The summed E-state index contributed by atoms with van der Waals surface area (Å²) < 4.78 is 7.38. The zero-order valence-electron chi connectivity index (χ0n) is 12.1. The zero-order chi connectivity index (χ0) is 14.4. The van der Waals surface area contributed by atoms with E-state index < -0.39 is 0 Å². The molecule has 1 atom stereocenters. The van der Waals surface area contributed by atoms with Crippen molar-refractivity contribution in [2.75, 3.05) is 6.61 Å². The van der Waals surface area contributed by atoms with Crippen LogP contribution in [0.4, 0.5) is 0 Å². The van der Waals surface area contributed by atoms with Crippen molar-refractivity contribution in [1.82, 2.24) is 5.32 Å². The van der Waals surface area contributed by atoms with Crippen LogP contribution in [0, 0.1) is 6.92 Å². The topological polar surface area (TPSA) is 62.4 Å². The number of aryl methyl sites for hydroxylation is 1. The quantitative estimate of drug-likeness (QED) is 0.764. The second-order valence-electron chi connectivity index (χ2n) is 4.57. The Morgan fingerprint density at radius 1 is 1.53 bits per heavy atom. The number of pyridine rings is 1. The van der Waals surface area contributed by atoms with Gasteiger partial charge in [0, 0.05) is 19.0 Å². The fourth-order valence-corrected chi connectivity index (χ4v) is 1.74. The molecule has 0 aromatic carbocycles. The van der Waals surface area contributed by atoms with Crippen LogP contribution in [0.3, 0.4) is 0 Å². The van der Waals surface area contributed by atoms with Gasteiger partial charge in [0.15, 0.2) is 18.6 Å². The molecule has 1 aromatic rings. The van der Waals surface area contributed by atoms with E-state index in [1.54, 1.807) is 12.3 Å². The summed E-state index contributed by atoms with van der Waals surface area (Å²) in [5, 5.41) is 12.6. The Morgan fingerprint density at radius 2 is 2.21 bits per heavy atom. The third-order valence-corrected chi connectivity index (χ3v) is 3.11. The molecule has 0 radical (unpaired) electrons. The number of ether oxygens (including phenoxy) is 1. The maximum atomic E-state index is 11.6. The minimum Gasteiger partial charge on any atom is -0.504 e. The number of nitrogens with one attached hydrogen (secondary N) is 1. The van der Waals surface area contributed by atoms with Crippen LogP contribution in [0.1, 0.15) is 32.9 Å². The molecule has 106 valence electrons. The molecule has 5 nitrogen and oxygen atoms in total. The van der Waals surface area contributed by atoms with Crippen LogP contribution in [0.25, 0.3) is 0 Å². The summed E-state index contributed by atoms with van der Waals surface area (Å²) in [4.78, 5) is 11.6. The maximum Gasteiger partial charge on any atom is 0.258 e. The summed E-state index contributed by atoms with van der Waals surface area (Å²) in [6.45, 7) is 8.49. The van der Waals surface area contributed by atoms with Crippen molar-refractivity contribution in [3.8, 4) is 11.5 Å². The highest BCUT2D eigenvalue weighted by Crippen LogP contribution is 2.26. The Kier molecular flexibility index (Phi) is 5.60. The van der Waals surface area contributed by atoms with Crippen molar-refractivity contribution in [1.29, 1.82) is 0 Å². The summed E-state index contributed by atoms with van der Waals surface area (Å²) in [6.07, 6.45) is 2.66. The van der Waals surface area contributed by atoms with E-state index in [0.29, 0.717) is 5.75 Å². The van der Waals surface area contributed by atoms with Gasteiger partial charge in [0.25, 0.3) is 5.91 Å². The molecule has 1 heterocycles. The molecule has 5 heteroatoms. The predicted octanol–water partition coefficient (Wildman–Crippen LogP) is 1.30. The lowest BCUT2D eigenvalue weighted by Crippen LogP contribution is -2.37. The molecule has 0 saturated heterocycles. The van der Waals surface area contributed by atoms with Crippen LogP contribution >= 0.6 is 0 Å². The van der Waals surface area contributed by atoms with Crippen LogP contribution in [0.2, 0.25) is 0 Å². The molecule has 1 unspecified atom stereocenters. The molecule has 1 amide bonds. The molecule has 0 saturated carbocycles. The lowest BCUT2D eigenvalue weighted by Gasteiger charge is -2.13. The molecular weight excluding hydrogens is 244 g/mol. The first-order chi connectivity index (χ1) is 8.99. The predicted molar refractivity (Wildman–Crippen MR) is 72.1 cm³/mol. The Labute approximate surface area is 114 Å². The smallest absolute Gasteiger partial charge is 0.258 e. The first-order valence-corrected chi connectivity index (χ1v) is 6.63. The van der Waals surface area contributed by atoms with E-state index >= 15 is 0 Å². The summed E-state index contributed by atoms with van der Waals surface area (Å²) in [7, 11) is 0. The number of nitrogens with zero attached hydrogens (tertiary/aromatic N) is 1. The second-order valence-corrected chi connectivity index (χ2v) is 4.57. The highest BCUT2D eigenvalue weighted by atomic mass is 16.5. The second kappa shape index (κ2) is 6.97. The Balaban J connectivity index is 2.70. The third-order valence-electron chi connectivity index (χ3n) is 3.11. The number of hydrogen-bond donors (Lipinski definition) is 2. The van der Waals surface area contributed by atoms with Crippen molar-refractivity contribution < 1.29 is 19.2 Å². The average molecular weight is 267 g/mol. The maximum absolute atomic E-state index is 11.6. The zero-order valence-corrected chi connectivity index (χ0v) is 12.1. The molecule has 0 spiro atoms. The minimum absolute atomic E-state index is 0.0542. The number of amides is 1. The van der Waals surface area contributed by atoms with Gasteiger partial charge in [-0.15, -0.1) is 0 Å². The largest absolute Gasteiger partial charge is 0.504 e. The molecule has 0 fully saturated rings. The van der Waals surface area contributed by atoms with Crippen molar-refractivity contribution in [2.45, 2.75) is 46.7 Å². The standard InChI is InChI=1S/C14H22N2O3/c1-5-10(3)15-13(18)9-19-14-11(4)16(6-2)8-7-12(14)17/h7-8,10H,5-6,9H2,1-4H3,(H,15,18)/p+1. The first-order valence-electron chi connectivity index (χ1n) is 6.63. The van der Waals surface area contributed by atoms with E-state index in [1.165, 1.54) is 0 Å². The van der Waals surface area contributed by atoms with Crippen molar-refractivity contribution in [3.63, 3.8) is 0 Å². The highest BCUT2D eigenvalue weighted by molar-refractivity contribution is 5.77. The first kappa shape index (κ1) is 15.3. The van der Waals surface area contributed by atoms with Crippen molar-refractivity contribution in [3.05, 3.63) is 18.0 Å². The molecule has 1 aromatic heterocycles. The van der Waals surface area contributed by atoms with Crippen LogP contribution in [0.5, 0.6) is 11.5 Å². The van der Waals surface area contributed by atoms with Gasteiger partial charge < -0.3 is 15.2 Å². The average Bonchev–Trinajstić information content (AvgIpc) is 2.38. The Hall–Kier alpha value is -1.78. The van der Waals surface area contributed by atoms with Crippen LogP contribution in [-0.4, -0.2) is 23.7 Å². The molecule has 0 aliphatic rings. The van der Waals surface area contributed by atoms with Crippen LogP contribution in [-0.2, 0) is 11.3 Å². The van der Waals surface area contributed by atoms with E-state index in [0.717, 1.165) is 18.7 Å². The van der Waals surface area contributed by atoms with E-state index in [2.05, 4.69) is 5.32 Å². The Bertz CT molecular complexity index is 447. The molecule has 0 bridgehead atoms. The van der Waals surface area contributed by atoms with Gasteiger partial charge in [-0.2, -0.15) is 4.57 Å². The Morgan fingerprint density at radius 3 is 2.79 bits per heavy atom. The van der Waals surface area contributed by atoms with E-state index in [9.17, 15) is 9.90 Å². The van der Waals surface area contributed by atoms with Gasteiger partial charge in [-0.3, -0.25) is 4.79 Å². The van der Waals surface area contributed by atoms with E-state index in [1.807, 2.05) is 32.3 Å². The molecule has 0 aliphatic carbocycles. The number of hydrogen-bond acceptors (Lipinski definition) is 3. The SMILES string of the molecule is CCC(C)NC(=O)COc1c(O)cc[n+](CC)c1C. The summed E-state index contributed by atoms with van der Waals surface area (Å²) in [6, 6.07) is 1.69. The van der Waals surface area contributed by atoms with Crippen molar-refractivity contribution >= 4 is 5.91 Å². The monoisotopic (exact) mass is 267 g/mol. The van der Waals surface area contributed by atoms with Gasteiger partial charge in [0.05, 0.1) is 0 Å². The number of carbonyl (C=O) groups is 1. The summed E-state index contributed by atoms with van der Waals surface area (Å²) in [5.74, 6) is 0.238. The summed E-state index contributed by atoms with van der Waals surface area (Å²) >= 11 is 0. The normalized spacial score (nSPS) is 12.0. The fraction of sp³-hybridized carbons (Fsp3) is 0.571. The van der Waals surface area contributed by atoms with Crippen LogP contribution in [0.15, 0.2) is 12.3 Å².